The molecular formula is C16H17Cl2NO6S. The van der Waals surface area contributed by atoms with Crippen LogP contribution in [0.25, 0.3) is 0 Å². The van der Waals surface area contributed by atoms with Crippen LogP contribution in [0.2, 0.25) is 10.0 Å². The fourth-order valence-corrected chi connectivity index (χ4v) is 4.00. The van der Waals surface area contributed by atoms with Gasteiger partial charge in [-0.2, -0.15) is 0 Å². The van der Waals surface area contributed by atoms with Crippen molar-refractivity contribution < 1.29 is 27.5 Å². The van der Waals surface area contributed by atoms with Crippen molar-refractivity contribution in [3.8, 4) is 0 Å². The first-order chi connectivity index (χ1) is 12.0. The molecule has 1 atom stereocenters. The summed E-state index contributed by atoms with van der Waals surface area (Å²) in [5.41, 5.74) is -1.61. The monoisotopic (exact) mass is 421 g/mol. The second-order valence-electron chi connectivity index (χ2n) is 5.66. The average Bonchev–Trinajstić information content (AvgIpc) is 2.79. The molecule has 10 heteroatoms. The lowest BCUT2D eigenvalue weighted by Crippen LogP contribution is -2.34. The third kappa shape index (κ3) is 3.41. The number of halogens is 2. The molecule has 2 rings (SSSR count). The average molecular weight is 422 g/mol. The van der Waals surface area contributed by atoms with Crippen LogP contribution in [-0.4, -0.2) is 37.3 Å². The van der Waals surface area contributed by atoms with Crippen molar-refractivity contribution in [2.45, 2.75) is 26.4 Å². The molecule has 1 heterocycles. The Morgan fingerprint density at radius 2 is 1.85 bits per heavy atom. The Hall–Kier alpha value is -1.77. The molecule has 142 valence electrons. The van der Waals surface area contributed by atoms with Gasteiger partial charge < -0.3 is 9.47 Å². The molecule has 1 aliphatic heterocycles. The maximum Gasteiger partial charge on any atom is 0.308 e. The number of esters is 1. The van der Waals surface area contributed by atoms with Crippen molar-refractivity contribution in [1.82, 2.24) is 4.31 Å². The van der Waals surface area contributed by atoms with E-state index in [0.29, 0.717) is 0 Å². The van der Waals surface area contributed by atoms with Gasteiger partial charge in [0.2, 0.25) is 21.4 Å². The van der Waals surface area contributed by atoms with Gasteiger partial charge in [0, 0.05) is 29.6 Å². The molecule has 0 saturated carbocycles. The summed E-state index contributed by atoms with van der Waals surface area (Å²) in [7, 11) is -2.59. The maximum atomic E-state index is 13.0. The Bertz CT molecular complexity index is 891. The van der Waals surface area contributed by atoms with Gasteiger partial charge in [0.15, 0.2) is 0 Å². The zero-order valence-corrected chi connectivity index (χ0v) is 16.8. The van der Waals surface area contributed by atoms with Gasteiger partial charge in [0.1, 0.15) is 0 Å². The predicted molar refractivity (Wildman–Crippen MR) is 95.9 cm³/mol. The van der Waals surface area contributed by atoms with Crippen LogP contribution in [0, 0.1) is 0 Å². The highest BCUT2D eigenvalue weighted by molar-refractivity contribution is 7.89. The number of rotatable bonds is 5. The van der Waals surface area contributed by atoms with Crippen molar-refractivity contribution in [2.24, 2.45) is 0 Å². The van der Waals surface area contributed by atoms with E-state index in [1.165, 1.54) is 33.0 Å². The predicted octanol–water partition coefficient (Wildman–Crippen LogP) is 2.82. The smallest absolute Gasteiger partial charge is 0.308 e. The highest BCUT2D eigenvalue weighted by Crippen LogP contribution is 2.45. The lowest BCUT2D eigenvalue weighted by molar-refractivity contribution is -0.142. The van der Waals surface area contributed by atoms with Gasteiger partial charge in [-0.1, -0.05) is 29.3 Å². The summed E-state index contributed by atoms with van der Waals surface area (Å²) in [6.07, 6.45) is 0. The largest absolute Gasteiger partial charge is 0.456 e. The highest BCUT2D eigenvalue weighted by Gasteiger charge is 2.53. The molecule has 0 bridgehead atoms. The van der Waals surface area contributed by atoms with Gasteiger partial charge in [0.05, 0.1) is 5.75 Å². The highest BCUT2D eigenvalue weighted by atomic mass is 35.5. The zero-order chi connectivity index (χ0) is 19.9. The minimum Gasteiger partial charge on any atom is -0.456 e. The summed E-state index contributed by atoms with van der Waals surface area (Å²) in [6, 6.07) is 4.62. The molecule has 1 aromatic carbocycles. The van der Waals surface area contributed by atoms with Crippen molar-refractivity contribution >= 4 is 45.0 Å². The van der Waals surface area contributed by atoms with Crippen LogP contribution < -0.4 is 0 Å². The molecule has 1 aromatic rings. The number of hydrogen-bond donors (Lipinski definition) is 0. The molecular weight excluding hydrogens is 405 g/mol. The van der Waals surface area contributed by atoms with Crippen LogP contribution in [0.4, 0.5) is 0 Å². The summed E-state index contributed by atoms with van der Waals surface area (Å²) < 4.78 is 35.9. The lowest BCUT2D eigenvalue weighted by atomic mass is 9.91. The third-order valence-corrected chi connectivity index (χ3v) is 6.25. The van der Waals surface area contributed by atoms with E-state index < -0.39 is 39.0 Å². The molecule has 0 aromatic heterocycles. The molecule has 0 aliphatic carbocycles. The van der Waals surface area contributed by atoms with Gasteiger partial charge >= 0.3 is 5.97 Å². The number of ketones is 1. The molecule has 1 unspecified atom stereocenters. The van der Waals surface area contributed by atoms with Crippen molar-refractivity contribution in [2.75, 3.05) is 12.8 Å². The molecule has 26 heavy (non-hydrogen) atoms. The SMILES string of the molecule is CCS(=O)(=O)N(C)C1=C(OC(C)=O)C(=O)C(C)(c2c(Cl)cccc2Cl)O1. The number of sulfonamides is 1. The van der Waals surface area contributed by atoms with E-state index in [1.54, 1.807) is 6.07 Å². The van der Waals surface area contributed by atoms with Gasteiger partial charge in [-0.25, -0.2) is 12.7 Å². The van der Waals surface area contributed by atoms with Crippen LogP contribution in [-0.2, 0) is 34.7 Å². The molecule has 0 saturated heterocycles. The van der Waals surface area contributed by atoms with Gasteiger partial charge in [0.25, 0.3) is 11.7 Å². The van der Waals surface area contributed by atoms with Crippen molar-refractivity contribution in [3.63, 3.8) is 0 Å². The number of nitrogens with zero attached hydrogens (tertiary/aromatic N) is 1. The quantitative estimate of drug-likeness (QED) is 0.678. The van der Waals surface area contributed by atoms with Gasteiger partial charge in [-0.05, 0) is 26.0 Å². The van der Waals surface area contributed by atoms with Crippen LogP contribution in [0.3, 0.4) is 0 Å². The van der Waals surface area contributed by atoms with E-state index in [-0.39, 0.29) is 21.4 Å². The van der Waals surface area contributed by atoms with E-state index in [2.05, 4.69) is 0 Å². The second kappa shape index (κ2) is 7.09. The molecule has 0 amide bonds. The topological polar surface area (TPSA) is 90.0 Å². The Kier molecular flexibility index (Phi) is 5.60. The minimum atomic E-state index is -3.79. The van der Waals surface area contributed by atoms with Crippen molar-refractivity contribution in [1.29, 1.82) is 0 Å². The number of Topliss-reactive ketones (excluding diaryl/α,β-unsaturated/α-hetero) is 1. The lowest BCUT2D eigenvalue weighted by Gasteiger charge is -2.27. The summed E-state index contributed by atoms with van der Waals surface area (Å²) in [5.74, 6) is -2.73. The summed E-state index contributed by atoms with van der Waals surface area (Å²) in [5, 5.41) is 0.301. The number of ether oxygens (including phenoxy) is 2. The minimum absolute atomic E-state index is 0.148. The summed E-state index contributed by atoms with van der Waals surface area (Å²) >= 11 is 12.4. The number of hydrogen-bond acceptors (Lipinski definition) is 6. The Morgan fingerprint density at radius 3 is 2.31 bits per heavy atom. The van der Waals surface area contributed by atoms with Crippen molar-refractivity contribution in [3.05, 3.63) is 45.5 Å². The molecule has 0 fully saturated rings. The molecule has 0 N–H and O–H groups in total. The summed E-state index contributed by atoms with van der Waals surface area (Å²) in [6.45, 7) is 3.90. The van der Waals surface area contributed by atoms with Crippen LogP contribution in [0.1, 0.15) is 26.3 Å². The van der Waals surface area contributed by atoms with Crippen LogP contribution >= 0.6 is 23.2 Å². The molecule has 0 spiro atoms. The van der Waals surface area contributed by atoms with Gasteiger partial charge in [-0.3, -0.25) is 9.59 Å². The van der Waals surface area contributed by atoms with Gasteiger partial charge in [-0.15, -0.1) is 0 Å². The first-order valence-corrected chi connectivity index (χ1v) is 9.89. The number of carbonyl (C=O) groups excluding carboxylic acids is 2. The Morgan fingerprint density at radius 1 is 1.31 bits per heavy atom. The van der Waals surface area contributed by atoms with E-state index in [0.717, 1.165) is 11.2 Å². The molecule has 1 aliphatic rings. The molecule has 0 radical (unpaired) electrons. The van der Waals surface area contributed by atoms with Crippen LogP contribution in [0.15, 0.2) is 29.8 Å². The first kappa shape index (κ1) is 20.5. The fourth-order valence-electron chi connectivity index (χ4n) is 2.48. The summed E-state index contributed by atoms with van der Waals surface area (Å²) in [4.78, 5) is 24.4. The number of carbonyl (C=O) groups is 2. The fraction of sp³-hybridized carbons (Fsp3) is 0.375. The first-order valence-electron chi connectivity index (χ1n) is 7.53. The van der Waals surface area contributed by atoms with Crippen LogP contribution in [0.5, 0.6) is 0 Å². The maximum absolute atomic E-state index is 13.0. The van der Waals surface area contributed by atoms with E-state index in [9.17, 15) is 18.0 Å². The zero-order valence-electron chi connectivity index (χ0n) is 14.5. The Balaban J connectivity index is 2.65. The van der Waals surface area contributed by atoms with E-state index in [4.69, 9.17) is 32.7 Å². The Labute approximate surface area is 161 Å². The van der Waals surface area contributed by atoms with E-state index >= 15 is 0 Å². The normalized spacial score (nSPS) is 20.2. The standard InChI is InChI=1S/C16H17Cl2NO6S/c1-5-26(22,23)19(4)15-13(24-9(2)20)14(21)16(3,25-15)12-10(17)7-6-8-11(12)18/h6-8H,5H2,1-4H3. The number of benzene rings is 1. The second-order valence-corrected chi connectivity index (χ2v) is 8.76. The molecule has 7 nitrogen and oxygen atoms in total. The third-order valence-electron chi connectivity index (χ3n) is 3.89. The van der Waals surface area contributed by atoms with E-state index in [1.807, 2.05) is 0 Å².